The highest BCUT2D eigenvalue weighted by atomic mass is 31.2. The van der Waals surface area contributed by atoms with Gasteiger partial charge in [-0.2, -0.15) is 0 Å². The number of ether oxygens (including phenoxy) is 4. The summed E-state index contributed by atoms with van der Waals surface area (Å²) in [5.41, 5.74) is 0. The number of phosphoric ester groups is 2. The number of phosphoric acid groups is 2. The molecule has 3 N–H and O–H groups in total. The molecule has 0 fully saturated rings. The van der Waals surface area contributed by atoms with E-state index in [4.69, 9.17) is 37.0 Å². The van der Waals surface area contributed by atoms with E-state index in [1.807, 2.05) is 0 Å². The number of unbranched alkanes of at least 4 members (excludes halogenated alkanes) is 40. The number of hydrogen-bond acceptors (Lipinski definition) is 15. The summed E-state index contributed by atoms with van der Waals surface area (Å²) in [6, 6.07) is 0. The fourth-order valence-electron chi connectivity index (χ4n) is 12.0. The summed E-state index contributed by atoms with van der Waals surface area (Å²) in [7, 11) is -9.91. The molecule has 0 radical (unpaired) electrons. The zero-order valence-electron chi connectivity index (χ0n) is 64.4. The average molecular weight is 1440 g/mol. The standard InChI is InChI=1S/C79H154O17P2/c1-9-71(7)57-49-41-32-28-24-20-15-13-11-12-14-16-21-25-29-33-43-51-59-76(81)89-65-74(95-78(83)61-53-45-34-30-26-22-18-17-19-23-27-31-39-47-55-69(3)4)67-93-97(85,86)91-63-73(80)64-92-98(87,88)94-68-75(66-90-77(82)60-52-44-37-35-40-48-56-70(5)6)96-79(84)62-54-46-38-36-42-50-58-72(8)10-2/h69-75,80H,9-68H2,1-8H3,(H,85,86)(H,87,88)/t71?,72?,73-,74-,75-/m1/s1. The van der Waals surface area contributed by atoms with E-state index in [0.29, 0.717) is 31.6 Å². The smallest absolute Gasteiger partial charge is 0.462 e. The summed E-state index contributed by atoms with van der Waals surface area (Å²) < 4.78 is 68.5. The molecule has 0 saturated heterocycles. The van der Waals surface area contributed by atoms with E-state index >= 15 is 0 Å². The molecule has 0 aromatic rings. The van der Waals surface area contributed by atoms with Crippen molar-refractivity contribution in [3.05, 3.63) is 0 Å². The van der Waals surface area contributed by atoms with Crippen molar-refractivity contribution in [2.24, 2.45) is 23.7 Å². The van der Waals surface area contributed by atoms with Crippen LogP contribution in [0.2, 0.25) is 0 Å². The number of aliphatic hydroxyl groups excluding tert-OH is 1. The largest absolute Gasteiger partial charge is 0.472 e. The van der Waals surface area contributed by atoms with Gasteiger partial charge in [0, 0.05) is 25.7 Å². The molecule has 0 aromatic carbocycles. The zero-order chi connectivity index (χ0) is 72.4. The summed E-state index contributed by atoms with van der Waals surface area (Å²) >= 11 is 0. The lowest BCUT2D eigenvalue weighted by Gasteiger charge is -2.21. The predicted octanol–water partition coefficient (Wildman–Crippen LogP) is 23.2. The highest BCUT2D eigenvalue weighted by molar-refractivity contribution is 7.47. The lowest BCUT2D eigenvalue weighted by molar-refractivity contribution is -0.161. The molecule has 98 heavy (non-hydrogen) atoms. The first kappa shape index (κ1) is 96.1. The third kappa shape index (κ3) is 69.8. The molecule has 0 aromatic heterocycles. The van der Waals surface area contributed by atoms with E-state index in [9.17, 15) is 43.2 Å². The van der Waals surface area contributed by atoms with Gasteiger partial charge >= 0.3 is 39.5 Å². The van der Waals surface area contributed by atoms with Crippen molar-refractivity contribution in [3.8, 4) is 0 Å². The Balaban J connectivity index is 5.17. The van der Waals surface area contributed by atoms with Crippen molar-refractivity contribution in [1.29, 1.82) is 0 Å². The topological polar surface area (TPSA) is 237 Å². The maximum Gasteiger partial charge on any atom is 0.472 e. The predicted molar refractivity (Wildman–Crippen MR) is 400 cm³/mol. The second-order valence-electron chi connectivity index (χ2n) is 29.9. The van der Waals surface area contributed by atoms with Crippen LogP contribution in [0.25, 0.3) is 0 Å². The summed E-state index contributed by atoms with van der Waals surface area (Å²) in [5.74, 6) is 0.945. The molecular weight excluding hydrogens is 1280 g/mol. The van der Waals surface area contributed by atoms with Gasteiger partial charge in [-0.05, 0) is 49.4 Å². The average Bonchev–Trinajstić information content (AvgIpc) is 0.989. The van der Waals surface area contributed by atoms with E-state index in [2.05, 4.69) is 55.4 Å². The Morgan fingerprint density at radius 1 is 0.286 bits per heavy atom. The Hall–Kier alpha value is -1.94. The second-order valence-corrected chi connectivity index (χ2v) is 32.8. The molecule has 17 nitrogen and oxygen atoms in total. The van der Waals surface area contributed by atoms with Crippen LogP contribution in [-0.4, -0.2) is 96.7 Å². The summed E-state index contributed by atoms with van der Waals surface area (Å²) in [4.78, 5) is 72.8. The quantitative estimate of drug-likeness (QED) is 0.0222. The highest BCUT2D eigenvalue weighted by Crippen LogP contribution is 2.45. The van der Waals surface area contributed by atoms with Crippen molar-refractivity contribution >= 4 is 39.5 Å². The molecule has 0 heterocycles. The van der Waals surface area contributed by atoms with E-state index in [1.54, 1.807) is 0 Å². The van der Waals surface area contributed by atoms with Crippen LogP contribution in [0, 0.1) is 23.7 Å². The Bertz CT molecular complexity index is 1920. The summed E-state index contributed by atoms with van der Waals surface area (Å²) in [6.07, 6.45) is 54.5. The SMILES string of the molecule is CCC(C)CCCCCCCCCCCCCCCCCCCCC(=O)OC[C@H](COP(=O)(O)OC[C@@H](O)COP(=O)(O)OC[C@@H](COC(=O)CCCCCCCCC(C)C)OC(=O)CCCCCCCCC(C)CC)OC(=O)CCCCCCCCCCCCCCCCC(C)C. The maximum absolute atomic E-state index is 13.1. The van der Waals surface area contributed by atoms with Gasteiger partial charge in [0.1, 0.15) is 19.3 Å². The first-order valence-corrected chi connectivity index (χ1v) is 43.8. The van der Waals surface area contributed by atoms with Gasteiger partial charge in [0.2, 0.25) is 0 Å². The lowest BCUT2D eigenvalue weighted by atomic mass is 9.99. The minimum atomic E-state index is -4.96. The van der Waals surface area contributed by atoms with Crippen LogP contribution in [0.1, 0.15) is 402 Å². The molecule has 0 aliphatic rings. The van der Waals surface area contributed by atoms with E-state index in [-0.39, 0.29) is 25.7 Å². The number of hydrogen-bond donors (Lipinski definition) is 3. The maximum atomic E-state index is 13.1. The molecule has 0 aliphatic heterocycles. The number of aliphatic hydroxyl groups is 1. The first-order valence-electron chi connectivity index (χ1n) is 40.8. The van der Waals surface area contributed by atoms with Gasteiger partial charge in [-0.15, -0.1) is 0 Å². The fraction of sp³-hybridized carbons (Fsp3) is 0.949. The van der Waals surface area contributed by atoms with E-state index in [0.717, 1.165) is 114 Å². The van der Waals surface area contributed by atoms with Crippen LogP contribution < -0.4 is 0 Å². The Kier molecular flexibility index (Phi) is 66.8. The molecule has 0 amide bonds. The summed E-state index contributed by atoms with van der Waals surface area (Å²) in [6.45, 7) is 14.2. The molecule has 0 saturated carbocycles. The molecule has 0 bridgehead atoms. The van der Waals surface area contributed by atoms with Gasteiger partial charge in [-0.3, -0.25) is 37.3 Å². The Labute approximate surface area is 600 Å². The molecule has 0 aliphatic carbocycles. The molecule has 582 valence electrons. The van der Waals surface area contributed by atoms with Gasteiger partial charge in [-0.25, -0.2) is 9.13 Å². The van der Waals surface area contributed by atoms with Gasteiger partial charge < -0.3 is 33.8 Å². The van der Waals surface area contributed by atoms with Crippen LogP contribution in [-0.2, 0) is 65.4 Å². The number of carbonyl (C=O) groups excluding carboxylic acids is 4. The molecule has 0 rings (SSSR count). The van der Waals surface area contributed by atoms with Crippen LogP contribution in [0.3, 0.4) is 0 Å². The fourth-order valence-corrected chi connectivity index (χ4v) is 13.6. The van der Waals surface area contributed by atoms with Crippen molar-refractivity contribution < 1.29 is 80.2 Å². The van der Waals surface area contributed by atoms with Crippen molar-refractivity contribution in [3.63, 3.8) is 0 Å². The van der Waals surface area contributed by atoms with Gasteiger partial charge in [0.15, 0.2) is 12.2 Å². The molecule has 19 heteroatoms. The van der Waals surface area contributed by atoms with Crippen molar-refractivity contribution in [2.75, 3.05) is 39.6 Å². The first-order chi connectivity index (χ1) is 47.2. The van der Waals surface area contributed by atoms with Gasteiger partial charge in [-0.1, -0.05) is 351 Å². The third-order valence-corrected chi connectivity index (χ3v) is 20.9. The molecule has 7 atom stereocenters. The minimum absolute atomic E-state index is 0.102. The Morgan fingerprint density at radius 2 is 0.490 bits per heavy atom. The van der Waals surface area contributed by atoms with Gasteiger partial charge in [0.25, 0.3) is 0 Å². The monoisotopic (exact) mass is 1440 g/mol. The number of carbonyl (C=O) groups is 4. The van der Waals surface area contributed by atoms with Crippen LogP contribution in [0.15, 0.2) is 0 Å². The van der Waals surface area contributed by atoms with Crippen molar-refractivity contribution in [1.82, 2.24) is 0 Å². The van der Waals surface area contributed by atoms with Crippen LogP contribution in [0.4, 0.5) is 0 Å². The van der Waals surface area contributed by atoms with Crippen LogP contribution in [0.5, 0.6) is 0 Å². The number of rotatable bonds is 76. The van der Waals surface area contributed by atoms with E-state index in [1.165, 1.54) is 199 Å². The highest BCUT2D eigenvalue weighted by Gasteiger charge is 2.30. The zero-order valence-corrected chi connectivity index (χ0v) is 66.2. The van der Waals surface area contributed by atoms with Crippen molar-refractivity contribution in [2.45, 2.75) is 420 Å². The normalized spacial score (nSPS) is 14.6. The van der Waals surface area contributed by atoms with E-state index < -0.39 is 97.5 Å². The molecular formula is C79H154O17P2. The molecule has 0 spiro atoms. The minimum Gasteiger partial charge on any atom is -0.462 e. The Morgan fingerprint density at radius 3 is 0.724 bits per heavy atom. The number of esters is 4. The summed E-state index contributed by atoms with van der Waals surface area (Å²) in [5, 5.41) is 10.6. The van der Waals surface area contributed by atoms with Gasteiger partial charge in [0.05, 0.1) is 26.4 Å². The second kappa shape index (κ2) is 68.2. The van der Waals surface area contributed by atoms with Crippen LogP contribution >= 0.6 is 15.6 Å². The lowest BCUT2D eigenvalue weighted by Crippen LogP contribution is -2.30. The molecule has 4 unspecified atom stereocenters. The third-order valence-electron chi connectivity index (χ3n) is 19.0.